The van der Waals surface area contributed by atoms with Crippen molar-refractivity contribution in [2.24, 2.45) is 0 Å². The Kier molecular flexibility index (Phi) is 2.79. The quantitative estimate of drug-likeness (QED) is 0.539. The highest BCUT2D eigenvalue weighted by Crippen LogP contribution is 2.33. The van der Waals surface area contributed by atoms with Crippen molar-refractivity contribution in [1.82, 2.24) is 15.2 Å². The highest BCUT2D eigenvalue weighted by Gasteiger charge is 2.13. The molecule has 3 nitrogen and oxygen atoms in total. The van der Waals surface area contributed by atoms with Crippen LogP contribution in [0.1, 0.15) is 5.69 Å². The summed E-state index contributed by atoms with van der Waals surface area (Å²) in [6.07, 6.45) is 0. The largest absolute Gasteiger partial charge is 0.275 e. The molecule has 102 valence electrons. The van der Waals surface area contributed by atoms with Gasteiger partial charge in [0.05, 0.1) is 16.9 Å². The smallest absolute Gasteiger partial charge is 0.112 e. The maximum Gasteiger partial charge on any atom is 0.112 e. The van der Waals surface area contributed by atoms with Gasteiger partial charge in [0.15, 0.2) is 0 Å². The number of aromatic nitrogens is 3. The van der Waals surface area contributed by atoms with Crippen LogP contribution in [0.4, 0.5) is 0 Å². The van der Waals surface area contributed by atoms with Crippen LogP contribution in [0.5, 0.6) is 0 Å². The third-order valence-corrected chi connectivity index (χ3v) is 4.18. The fourth-order valence-corrected chi connectivity index (χ4v) is 3.09. The van der Waals surface area contributed by atoms with Crippen LogP contribution < -0.4 is 0 Å². The second-order valence-corrected chi connectivity index (χ2v) is 5.96. The van der Waals surface area contributed by atoms with Gasteiger partial charge in [-0.1, -0.05) is 52.3 Å². The predicted octanol–water partition coefficient (Wildman–Crippen LogP) is 4.85. The van der Waals surface area contributed by atoms with Crippen LogP contribution in [0.2, 0.25) is 0 Å². The lowest BCUT2D eigenvalue weighted by atomic mass is 10.0. The zero-order valence-electron chi connectivity index (χ0n) is 11.4. The number of nitrogens with one attached hydrogen (secondary N) is 1. The Balaban J connectivity index is 2.18. The Hall–Kier alpha value is -2.20. The molecule has 4 rings (SSSR count). The van der Waals surface area contributed by atoms with Crippen molar-refractivity contribution in [3.05, 3.63) is 58.7 Å². The molecule has 4 aromatic rings. The second kappa shape index (κ2) is 4.67. The summed E-state index contributed by atoms with van der Waals surface area (Å²) < 4.78 is 1.05. The number of nitrogens with zero attached hydrogens (tertiary/aromatic N) is 2. The van der Waals surface area contributed by atoms with Crippen molar-refractivity contribution < 1.29 is 0 Å². The van der Waals surface area contributed by atoms with E-state index in [0.29, 0.717) is 0 Å². The molecular formula is C17H12BrN3. The molecule has 0 amide bonds. The minimum absolute atomic E-state index is 0.923. The number of rotatable bonds is 1. The van der Waals surface area contributed by atoms with E-state index in [1.807, 2.05) is 31.2 Å². The van der Waals surface area contributed by atoms with Crippen LogP contribution in [-0.4, -0.2) is 15.2 Å². The molecule has 2 heterocycles. The van der Waals surface area contributed by atoms with Crippen LogP contribution in [0.15, 0.2) is 53.0 Å². The molecular weight excluding hydrogens is 326 g/mol. The highest BCUT2D eigenvalue weighted by molar-refractivity contribution is 9.10. The monoisotopic (exact) mass is 337 g/mol. The van der Waals surface area contributed by atoms with E-state index in [1.54, 1.807) is 0 Å². The number of hydrogen-bond acceptors (Lipinski definition) is 2. The standard InChI is InChI=1S/C17H12BrN3/c1-10-15-17(21-20-10)14-8-3-2-7-13(14)16(19-15)11-5-4-6-12(18)9-11/h2-9H,1H3,(H,20,21). The predicted molar refractivity (Wildman–Crippen MR) is 89.3 cm³/mol. The van der Waals surface area contributed by atoms with Gasteiger partial charge in [-0.2, -0.15) is 5.10 Å². The first-order chi connectivity index (χ1) is 10.2. The average Bonchev–Trinajstić information content (AvgIpc) is 2.88. The highest BCUT2D eigenvalue weighted by atomic mass is 79.9. The van der Waals surface area contributed by atoms with Crippen LogP contribution >= 0.6 is 15.9 Å². The van der Waals surface area contributed by atoms with Crippen molar-refractivity contribution >= 4 is 37.7 Å². The summed E-state index contributed by atoms with van der Waals surface area (Å²) in [6, 6.07) is 16.5. The van der Waals surface area contributed by atoms with E-state index < -0.39 is 0 Å². The van der Waals surface area contributed by atoms with Gasteiger partial charge in [0.2, 0.25) is 0 Å². The van der Waals surface area contributed by atoms with Gasteiger partial charge in [0.25, 0.3) is 0 Å². The molecule has 0 aliphatic rings. The molecule has 0 saturated heterocycles. The Labute approximate surface area is 130 Å². The molecule has 0 unspecified atom stereocenters. The molecule has 0 atom stereocenters. The number of benzene rings is 2. The summed E-state index contributed by atoms with van der Waals surface area (Å²) in [4.78, 5) is 4.86. The van der Waals surface area contributed by atoms with E-state index in [-0.39, 0.29) is 0 Å². The lowest BCUT2D eigenvalue weighted by Gasteiger charge is -2.08. The minimum Gasteiger partial charge on any atom is -0.275 e. The van der Waals surface area contributed by atoms with E-state index in [0.717, 1.165) is 43.2 Å². The van der Waals surface area contributed by atoms with Gasteiger partial charge in [-0.25, -0.2) is 4.98 Å². The van der Waals surface area contributed by atoms with Crippen LogP contribution in [-0.2, 0) is 0 Å². The van der Waals surface area contributed by atoms with Crippen LogP contribution in [0.25, 0.3) is 33.1 Å². The van der Waals surface area contributed by atoms with Gasteiger partial charge >= 0.3 is 0 Å². The zero-order valence-corrected chi connectivity index (χ0v) is 13.0. The first-order valence-electron chi connectivity index (χ1n) is 6.73. The summed E-state index contributed by atoms with van der Waals surface area (Å²) in [5, 5.41) is 9.68. The number of aryl methyl sites for hydroxylation is 1. The lowest BCUT2D eigenvalue weighted by Crippen LogP contribution is -1.89. The molecule has 0 fully saturated rings. The Morgan fingerprint density at radius 3 is 2.62 bits per heavy atom. The number of aromatic amines is 1. The van der Waals surface area contributed by atoms with Gasteiger partial charge in [-0.15, -0.1) is 0 Å². The Morgan fingerprint density at radius 2 is 1.81 bits per heavy atom. The topological polar surface area (TPSA) is 41.6 Å². The zero-order chi connectivity index (χ0) is 14.4. The van der Waals surface area contributed by atoms with Crippen LogP contribution in [0, 0.1) is 6.92 Å². The Bertz CT molecular complexity index is 972. The molecule has 21 heavy (non-hydrogen) atoms. The Morgan fingerprint density at radius 1 is 1.00 bits per heavy atom. The SMILES string of the molecule is Cc1n[nH]c2c1nc(-c1cccc(Br)c1)c1ccccc12. The maximum atomic E-state index is 4.86. The number of H-pyrrole nitrogens is 1. The van der Waals surface area contributed by atoms with Gasteiger partial charge < -0.3 is 0 Å². The van der Waals surface area contributed by atoms with Gasteiger partial charge in [0.1, 0.15) is 5.52 Å². The minimum atomic E-state index is 0.923. The molecule has 2 aromatic heterocycles. The van der Waals surface area contributed by atoms with Crippen molar-refractivity contribution in [3.8, 4) is 11.3 Å². The maximum absolute atomic E-state index is 4.86. The molecule has 0 radical (unpaired) electrons. The first kappa shape index (κ1) is 12.5. The van der Waals surface area contributed by atoms with Gasteiger partial charge in [0, 0.05) is 20.8 Å². The summed E-state index contributed by atoms with van der Waals surface area (Å²) >= 11 is 3.53. The summed E-state index contributed by atoms with van der Waals surface area (Å²) in [6.45, 7) is 1.98. The van der Waals surface area contributed by atoms with Crippen LogP contribution in [0.3, 0.4) is 0 Å². The molecule has 0 spiro atoms. The molecule has 4 heteroatoms. The number of pyridine rings is 1. The fourth-order valence-electron chi connectivity index (χ4n) is 2.69. The summed E-state index contributed by atoms with van der Waals surface area (Å²) in [5.41, 5.74) is 4.95. The normalized spacial score (nSPS) is 11.3. The summed E-state index contributed by atoms with van der Waals surface area (Å²) in [5.74, 6) is 0. The number of hydrogen-bond donors (Lipinski definition) is 1. The van der Waals surface area contributed by atoms with Gasteiger partial charge in [-0.3, -0.25) is 5.10 Å². The first-order valence-corrected chi connectivity index (χ1v) is 7.53. The summed E-state index contributed by atoms with van der Waals surface area (Å²) in [7, 11) is 0. The molecule has 2 aromatic carbocycles. The average molecular weight is 338 g/mol. The molecule has 1 N–H and O–H groups in total. The van der Waals surface area contributed by atoms with Crippen molar-refractivity contribution in [2.75, 3.05) is 0 Å². The van der Waals surface area contributed by atoms with E-state index in [9.17, 15) is 0 Å². The van der Waals surface area contributed by atoms with E-state index >= 15 is 0 Å². The second-order valence-electron chi connectivity index (χ2n) is 5.05. The molecule has 0 aliphatic carbocycles. The lowest BCUT2D eigenvalue weighted by molar-refractivity contribution is 1.07. The van der Waals surface area contributed by atoms with E-state index in [4.69, 9.17) is 4.98 Å². The van der Waals surface area contributed by atoms with E-state index in [2.05, 4.69) is 50.4 Å². The van der Waals surface area contributed by atoms with Crippen molar-refractivity contribution in [2.45, 2.75) is 6.92 Å². The molecule has 0 bridgehead atoms. The third kappa shape index (κ3) is 1.94. The third-order valence-electron chi connectivity index (χ3n) is 3.69. The van der Waals surface area contributed by atoms with Crippen molar-refractivity contribution in [1.29, 1.82) is 0 Å². The van der Waals surface area contributed by atoms with Crippen molar-refractivity contribution in [3.63, 3.8) is 0 Å². The molecule has 0 aliphatic heterocycles. The fraction of sp³-hybridized carbons (Fsp3) is 0.0588. The molecule has 0 saturated carbocycles. The van der Waals surface area contributed by atoms with Gasteiger partial charge in [-0.05, 0) is 19.1 Å². The van der Waals surface area contributed by atoms with E-state index in [1.165, 1.54) is 0 Å². The number of halogens is 1. The number of fused-ring (bicyclic) bond motifs is 3.